The molecule has 0 spiro atoms. The lowest BCUT2D eigenvalue weighted by Crippen LogP contribution is -2.06. The minimum atomic E-state index is 0.307. The highest BCUT2D eigenvalue weighted by Gasteiger charge is 2.17. The number of hydrogen-bond acceptors (Lipinski definition) is 1. The lowest BCUT2D eigenvalue weighted by molar-refractivity contribution is 0.832. The molecular weight excluding hydrogens is 266 g/mol. The van der Waals surface area contributed by atoms with Crippen LogP contribution < -0.4 is 0 Å². The Morgan fingerprint density at radius 2 is 1.86 bits per heavy atom. The van der Waals surface area contributed by atoms with Gasteiger partial charge in [0, 0.05) is 11.6 Å². The lowest BCUT2D eigenvalue weighted by atomic mass is 9.88. The second-order valence-electron chi connectivity index (χ2n) is 6.16. The van der Waals surface area contributed by atoms with Gasteiger partial charge in [-0.1, -0.05) is 61.4 Å². The summed E-state index contributed by atoms with van der Waals surface area (Å²) in [4.78, 5) is 0. The average Bonchev–Trinajstić information content (AvgIpc) is 2.97. The molecule has 112 valence electrons. The minimum Gasteiger partial charge on any atom is -0.305 e. The van der Waals surface area contributed by atoms with Gasteiger partial charge in [-0.05, 0) is 53.8 Å². The Kier molecular flexibility index (Phi) is 4.24. The summed E-state index contributed by atoms with van der Waals surface area (Å²) < 4.78 is 0. The third-order valence-electron chi connectivity index (χ3n) is 4.39. The van der Waals surface area contributed by atoms with E-state index in [0.29, 0.717) is 5.92 Å². The number of benzene rings is 2. The molecule has 1 nitrogen and oxygen atoms in total. The molecule has 0 saturated carbocycles. The summed E-state index contributed by atoms with van der Waals surface area (Å²) in [5, 5.41) is 11.0. The highest BCUT2D eigenvalue weighted by Crippen LogP contribution is 2.32. The Hall–Kier alpha value is -2.15. The lowest BCUT2D eigenvalue weighted by Gasteiger charge is -2.16. The fourth-order valence-corrected chi connectivity index (χ4v) is 3.13. The third-order valence-corrected chi connectivity index (χ3v) is 4.39. The van der Waals surface area contributed by atoms with Crippen LogP contribution in [-0.2, 0) is 0 Å². The average molecular weight is 289 g/mol. The third kappa shape index (κ3) is 2.89. The number of nitrogens with one attached hydrogen (secondary N) is 1. The Morgan fingerprint density at radius 3 is 2.50 bits per heavy atom. The summed E-state index contributed by atoms with van der Waals surface area (Å²) in [6.07, 6.45) is 9.80. The van der Waals surface area contributed by atoms with Gasteiger partial charge in [-0.25, -0.2) is 0 Å². The molecule has 1 N–H and O–H groups in total. The molecule has 1 unspecified atom stereocenters. The van der Waals surface area contributed by atoms with Crippen LogP contribution in [0.3, 0.4) is 0 Å². The number of allylic oxidation sites excluding steroid dienone is 4. The molecule has 3 rings (SSSR count). The van der Waals surface area contributed by atoms with E-state index in [1.54, 1.807) is 0 Å². The van der Waals surface area contributed by atoms with Crippen LogP contribution in [0.25, 0.3) is 10.8 Å². The maximum absolute atomic E-state index is 8.52. The maximum atomic E-state index is 8.52. The number of unbranched alkanes of at least 4 members (excludes halogenated alkanes) is 1. The molecule has 2 aromatic carbocycles. The monoisotopic (exact) mass is 289 g/mol. The van der Waals surface area contributed by atoms with Gasteiger partial charge in [0.25, 0.3) is 0 Å². The molecule has 1 aliphatic carbocycles. The summed E-state index contributed by atoms with van der Waals surface area (Å²) >= 11 is 0. The second kappa shape index (κ2) is 6.31. The predicted octanol–water partition coefficient (Wildman–Crippen LogP) is 6.00. The topological polar surface area (TPSA) is 23.9 Å². The van der Waals surface area contributed by atoms with Crippen molar-refractivity contribution in [3.63, 3.8) is 0 Å². The fraction of sp³-hybridized carbons (Fsp3) is 0.286. The van der Waals surface area contributed by atoms with Gasteiger partial charge >= 0.3 is 0 Å². The Balaban J connectivity index is 2.10. The molecule has 0 amide bonds. The van der Waals surface area contributed by atoms with Crippen molar-refractivity contribution in [3.05, 3.63) is 71.3 Å². The first kappa shape index (κ1) is 14.8. The zero-order valence-electron chi connectivity index (χ0n) is 13.4. The highest BCUT2D eigenvalue weighted by atomic mass is 14.4. The molecule has 2 aromatic rings. The van der Waals surface area contributed by atoms with Crippen molar-refractivity contribution in [3.8, 4) is 0 Å². The van der Waals surface area contributed by atoms with Gasteiger partial charge in [-0.2, -0.15) is 0 Å². The fourth-order valence-electron chi connectivity index (χ4n) is 3.13. The van der Waals surface area contributed by atoms with Crippen LogP contribution in [0.5, 0.6) is 0 Å². The van der Waals surface area contributed by atoms with Gasteiger partial charge in [-0.15, -0.1) is 0 Å². The van der Waals surface area contributed by atoms with E-state index in [-0.39, 0.29) is 0 Å². The van der Waals surface area contributed by atoms with Crippen molar-refractivity contribution >= 4 is 16.5 Å². The molecule has 1 heteroatoms. The van der Waals surface area contributed by atoms with E-state index in [2.05, 4.69) is 68.5 Å². The van der Waals surface area contributed by atoms with Gasteiger partial charge in [0.2, 0.25) is 0 Å². The summed E-state index contributed by atoms with van der Waals surface area (Å²) in [5.74, 6) is 0.307. The van der Waals surface area contributed by atoms with E-state index in [1.165, 1.54) is 21.9 Å². The van der Waals surface area contributed by atoms with Crippen molar-refractivity contribution in [2.24, 2.45) is 0 Å². The first-order chi connectivity index (χ1) is 10.7. The number of fused-ring (bicyclic) bond motifs is 1. The summed E-state index contributed by atoms with van der Waals surface area (Å²) in [5.41, 5.74) is 4.47. The molecule has 0 bridgehead atoms. The van der Waals surface area contributed by atoms with Crippen LogP contribution in [0.1, 0.15) is 50.2 Å². The van der Waals surface area contributed by atoms with Crippen molar-refractivity contribution in [2.75, 3.05) is 0 Å². The first-order valence-electron chi connectivity index (χ1n) is 8.16. The Bertz CT molecular complexity index is 765. The van der Waals surface area contributed by atoms with E-state index in [4.69, 9.17) is 5.41 Å². The SMILES string of the molecule is CCCCC(=N)c1cc2ccccc2cc1C1C=CC(C)=C1. The number of hydrogen-bond donors (Lipinski definition) is 1. The standard InChI is InChI=1S/C21H23N/c1-3-4-9-21(22)20-14-17-8-6-5-7-16(17)13-19(20)18-11-10-15(2)12-18/h5-8,10-14,18,22H,3-4,9H2,1-2H3. The van der Waals surface area contributed by atoms with Crippen LogP contribution in [0.2, 0.25) is 0 Å². The van der Waals surface area contributed by atoms with Crippen LogP contribution in [0, 0.1) is 5.41 Å². The Labute approximate surface area is 132 Å². The predicted molar refractivity (Wildman–Crippen MR) is 95.9 cm³/mol. The number of rotatable bonds is 5. The molecule has 0 heterocycles. The Morgan fingerprint density at radius 1 is 1.14 bits per heavy atom. The molecule has 1 aliphatic rings. The normalized spacial score (nSPS) is 17.0. The minimum absolute atomic E-state index is 0.307. The first-order valence-corrected chi connectivity index (χ1v) is 8.16. The van der Waals surface area contributed by atoms with E-state index in [1.807, 2.05) is 0 Å². The second-order valence-corrected chi connectivity index (χ2v) is 6.16. The maximum Gasteiger partial charge on any atom is 0.0389 e. The van der Waals surface area contributed by atoms with Gasteiger partial charge in [0.1, 0.15) is 0 Å². The summed E-state index contributed by atoms with van der Waals surface area (Å²) in [6, 6.07) is 12.9. The molecule has 22 heavy (non-hydrogen) atoms. The summed E-state index contributed by atoms with van der Waals surface area (Å²) in [6.45, 7) is 4.32. The largest absolute Gasteiger partial charge is 0.305 e. The molecule has 1 atom stereocenters. The smallest absolute Gasteiger partial charge is 0.0389 e. The van der Waals surface area contributed by atoms with Crippen LogP contribution >= 0.6 is 0 Å². The van der Waals surface area contributed by atoms with Crippen molar-refractivity contribution < 1.29 is 0 Å². The van der Waals surface area contributed by atoms with Crippen LogP contribution in [0.4, 0.5) is 0 Å². The summed E-state index contributed by atoms with van der Waals surface area (Å²) in [7, 11) is 0. The zero-order chi connectivity index (χ0) is 15.5. The molecule has 0 fully saturated rings. The highest BCUT2D eigenvalue weighted by molar-refractivity contribution is 6.03. The van der Waals surface area contributed by atoms with Gasteiger partial charge in [0.05, 0.1) is 0 Å². The zero-order valence-corrected chi connectivity index (χ0v) is 13.4. The van der Waals surface area contributed by atoms with Gasteiger partial charge < -0.3 is 5.41 Å². The van der Waals surface area contributed by atoms with Crippen molar-refractivity contribution in [2.45, 2.75) is 39.0 Å². The van der Waals surface area contributed by atoms with Gasteiger partial charge in [-0.3, -0.25) is 0 Å². The molecular formula is C21H23N. The van der Waals surface area contributed by atoms with E-state index >= 15 is 0 Å². The molecule has 0 aliphatic heterocycles. The van der Waals surface area contributed by atoms with E-state index < -0.39 is 0 Å². The van der Waals surface area contributed by atoms with Crippen LogP contribution in [-0.4, -0.2) is 5.71 Å². The van der Waals surface area contributed by atoms with E-state index in [0.717, 1.165) is 30.5 Å². The quantitative estimate of drug-likeness (QED) is 0.653. The molecule has 0 saturated heterocycles. The molecule has 0 aromatic heterocycles. The van der Waals surface area contributed by atoms with Crippen LogP contribution in [0.15, 0.2) is 60.2 Å². The molecule has 0 radical (unpaired) electrons. The van der Waals surface area contributed by atoms with Crippen molar-refractivity contribution in [1.29, 1.82) is 5.41 Å². The van der Waals surface area contributed by atoms with E-state index in [9.17, 15) is 0 Å². The van der Waals surface area contributed by atoms with Gasteiger partial charge in [0.15, 0.2) is 0 Å². The van der Waals surface area contributed by atoms with Crippen molar-refractivity contribution in [1.82, 2.24) is 0 Å².